The molecule has 0 bridgehead atoms. The minimum Gasteiger partial charge on any atom is -0.481 e. The molecular weight excluding hydrogens is 210 g/mol. The number of nitrogens with zero attached hydrogens (tertiary/aromatic N) is 1. The van der Waals surface area contributed by atoms with E-state index in [1.807, 2.05) is 13.8 Å². The zero-order chi connectivity index (χ0) is 12.6. The molecule has 16 heavy (non-hydrogen) atoms. The molecule has 5 nitrogen and oxygen atoms in total. The van der Waals surface area contributed by atoms with Crippen LogP contribution in [0.2, 0.25) is 0 Å². The highest BCUT2D eigenvalue weighted by atomic mass is 16.5. The van der Waals surface area contributed by atoms with Gasteiger partial charge in [-0.1, -0.05) is 0 Å². The average molecular weight is 231 g/mol. The van der Waals surface area contributed by atoms with Gasteiger partial charge in [-0.05, 0) is 20.3 Å². The van der Waals surface area contributed by atoms with E-state index in [4.69, 9.17) is 9.84 Å². The van der Waals surface area contributed by atoms with Crippen LogP contribution in [0.4, 0.5) is 0 Å². The van der Waals surface area contributed by atoms with Crippen LogP contribution in [0, 0.1) is 0 Å². The van der Waals surface area contributed by atoms with Gasteiger partial charge in [0.05, 0.1) is 19.1 Å². The molecule has 0 rings (SSSR count). The summed E-state index contributed by atoms with van der Waals surface area (Å²) in [7, 11) is 1.68. The number of aliphatic carboxylic acids is 1. The van der Waals surface area contributed by atoms with Gasteiger partial charge in [-0.25, -0.2) is 0 Å². The first kappa shape index (κ1) is 14.9. The first-order chi connectivity index (χ1) is 7.43. The molecule has 0 spiro atoms. The van der Waals surface area contributed by atoms with E-state index in [-0.39, 0.29) is 18.4 Å². The summed E-state index contributed by atoms with van der Waals surface area (Å²) in [6.45, 7) is 4.73. The van der Waals surface area contributed by atoms with Crippen LogP contribution in [0.25, 0.3) is 0 Å². The van der Waals surface area contributed by atoms with Gasteiger partial charge in [-0.15, -0.1) is 0 Å². The third kappa shape index (κ3) is 8.23. The molecule has 0 heterocycles. The number of hydrogen-bond acceptors (Lipinski definition) is 3. The summed E-state index contributed by atoms with van der Waals surface area (Å²) >= 11 is 0. The van der Waals surface area contributed by atoms with Crippen LogP contribution in [-0.4, -0.2) is 48.2 Å². The van der Waals surface area contributed by atoms with Crippen LogP contribution in [-0.2, 0) is 14.3 Å². The summed E-state index contributed by atoms with van der Waals surface area (Å²) in [5, 5.41) is 8.44. The Hall–Kier alpha value is -1.10. The van der Waals surface area contributed by atoms with Crippen LogP contribution < -0.4 is 0 Å². The smallest absolute Gasteiger partial charge is 0.303 e. The maximum atomic E-state index is 11.5. The summed E-state index contributed by atoms with van der Waals surface area (Å²) in [6.07, 6.45) is 1.06. The van der Waals surface area contributed by atoms with Crippen molar-refractivity contribution in [3.05, 3.63) is 0 Å². The number of carboxylic acids is 1. The maximum Gasteiger partial charge on any atom is 0.303 e. The van der Waals surface area contributed by atoms with Gasteiger partial charge in [-0.2, -0.15) is 0 Å². The summed E-state index contributed by atoms with van der Waals surface area (Å²) in [4.78, 5) is 23.3. The van der Waals surface area contributed by atoms with Gasteiger partial charge in [-0.3, -0.25) is 9.59 Å². The van der Waals surface area contributed by atoms with E-state index in [1.165, 1.54) is 0 Å². The second kappa shape index (κ2) is 8.10. The van der Waals surface area contributed by atoms with Crippen molar-refractivity contribution in [2.24, 2.45) is 0 Å². The fraction of sp³-hybridized carbons (Fsp3) is 0.818. The Morgan fingerprint density at radius 3 is 2.44 bits per heavy atom. The standard InChI is InChI=1S/C11H21NO4/c1-9(2)16-8-6-10(13)12(3)7-4-5-11(14)15/h9H,4-8H2,1-3H3,(H,14,15). The summed E-state index contributed by atoms with van der Waals surface area (Å²) in [6, 6.07) is 0. The molecule has 0 aromatic heterocycles. The monoisotopic (exact) mass is 231 g/mol. The van der Waals surface area contributed by atoms with E-state index in [2.05, 4.69) is 0 Å². The Kier molecular flexibility index (Phi) is 7.54. The Morgan fingerprint density at radius 1 is 1.31 bits per heavy atom. The van der Waals surface area contributed by atoms with Gasteiger partial charge >= 0.3 is 5.97 Å². The molecule has 1 N–H and O–H groups in total. The number of carbonyl (C=O) groups excluding carboxylic acids is 1. The van der Waals surface area contributed by atoms with Crippen LogP contribution in [0.5, 0.6) is 0 Å². The van der Waals surface area contributed by atoms with Crippen molar-refractivity contribution in [1.29, 1.82) is 0 Å². The number of rotatable bonds is 8. The second-order valence-corrected chi connectivity index (χ2v) is 3.98. The number of amides is 1. The van der Waals surface area contributed by atoms with E-state index in [0.717, 1.165) is 0 Å². The Balaban J connectivity index is 3.61. The van der Waals surface area contributed by atoms with E-state index < -0.39 is 5.97 Å². The Bertz CT molecular complexity index is 228. The molecule has 1 amide bonds. The van der Waals surface area contributed by atoms with Crippen molar-refractivity contribution >= 4 is 11.9 Å². The van der Waals surface area contributed by atoms with E-state index in [1.54, 1.807) is 11.9 Å². The van der Waals surface area contributed by atoms with Crippen molar-refractivity contribution in [1.82, 2.24) is 4.90 Å². The van der Waals surface area contributed by atoms with Gasteiger partial charge in [0, 0.05) is 20.0 Å². The molecule has 0 radical (unpaired) electrons. The molecule has 0 atom stereocenters. The number of carboxylic acid groups (broad SMARTS) is 1. The SMILES string of the molecule is CC(C)OCCC(=O)N(C)CCCC(=O)O. The highest BCUT2D eigenvalue weighted by Crippen LogP contribution is 1.98. The van der Waals surface area contributed by atoms with Gasteiger partial charge in [0.15, 0.2) is 0 Å². The van der Waals surface area contributed by atoms with E-state index in [9.17, 15) is 9.59 Å². The van der Waals surface area contributed by atoms with Crippen LogP contribution in [0.3, 0.4) is 0 Å². The molecule has 0 aliphatic carbocycles. The predicted octanol–water partition coefficient (Wildman–Crippen LogP) is 1.12. The van der Waals surface area contributed by atoms with Crippen LogP contribution in [0.1, 0.15) is 33.1 Å². The topological polar surface area (TPSA) is 66.8 Å². The van der Waals surface area contributed by atoms with Gasteiger partial charge in [0.2, 0.25) is 5.91 Å². The number of carbonyl (C=O) groups is 2. The minimum absolute atomic E-state index is 0.00830. The van der Waals surface area contributed by atoms with Gasteiger partial charge < -0.3 is 14.7 Å². The fourth-order valence-corrected chi connectivity index (χ4v) is 1.16. The largest absolute Gasteiger partial charge is 0.481 e. The summed E-state index contributed by atoms with van der Waals surface area (Å²) < 4.78 is 5.26. The first-order valence-electron chi connectivity index (χ1n) is 5.51. The summed E-state index contributed by atoms with van der Waals surface area (Å²) in [5.41, 5.74) is 0. The number of hydrogen-bond donors (Lipinski definition) is 1. The van der Waals surface area contributed by atoms with Crippen LogP contribution in [0.15, 0.2) is 0 Å². The molecule has 0 aromatic rings. The second-order valence-electron chi connectivity index (χ2n) is 3.98. The van der Waals surface area contributed by atoms with Crippen molar-refractivity contribution in [2.45, 2.75) is 39.2 Å². The van der Waals surface area contributed by atoms with E-state index >= 15 is 0 Å². The Labute approximate surface area is 96.4 Å². The fourth-order valence-electron chi connectivity index (χ4n) is 1.16. The molecular formula is C11H21NO4. The van der Waals surface area contributed by atoms with Gasteiger partial charge in [0.25, 0.3) is 0 Å². The predicted molar refractivity (Wildman–Crippen MR) is 60.2 cm³/mol. The normalized spacial score (nSPS) is 10.5. The highest BCUT2D eigenvalue weighted by molar-refractivity contribution is 5.76. The van der Waals surface area contributed by atoms with E-state index in [0.29, 0.717) is 26.0 Å². The first-order valence-corrected chi connectivity index (χ1v) is 5.51. The van der Waals surface area contributed by atoms with Crippen molar-refractivity contribution in [2.75, 3.05) is 20.2 Å². The number of ether oxygens (including phenoxy) is 1. The Morgan fingerprint density at radius 2 is 1.94 bits per heavy atom. The quantitative estimate of drug-likeness (QED) is 0.680. The zero-order valence-corrected chi connectivity index (χ0v) is 10.2. The summed E-state index contributed by atoms with van der Waals surface area (Å²) in [5.74, 6) is -0.838. The molecule has 0 fully saturated rings. The minimum atomic E-state index is -0.830. The third-order valence-corrected chi connectivity index (χ3v) is 2.08. The lowest BCUT2D eigenvalue weighted by atomic mass is 10.3. The molecule has 0 saturated carbocycles. The molecule has 0 unspecified atom stereocenters. The average Bonchev–Trinajstić information content (AvgIpc) is 2.16. The maximum absolute atomic E-state index is 11.5. The lowest BCUT2D eigenvalue weighted by molar-refractivity contribution is -0.138. The molecule has 0 aromatic carbocycles. The molecule has 0 saturated heterocycles. The van der Waals surface area contributed by atoms with Crippen LogP contribution >= 0.6 is 0 Å². The van der Waals surface area contributed by atoms with Crippen molar-refractivity contribution in [3.63, 3.8) is 0 Å². The highest BCUT2D eigenvalue weighted by Gasteiger charge is 2.09. The molecule has 0 aliphatic heterocycles. The van der Waals surface area contributed by atoms with Gasteiger partial charge in [0.1, 0.15) is 0 Å². The molecule has 0 aliphatic rings. The molecule has 5 heteroatoms. The third-order valence-electron chi connectivity index (χ3n) is 2.08. The van der Waals surface area contributed by atoms with Crippen molar-refractivity contribution < 1.29 is 19.4 Å². The molecule has 94 valence electrons. The lowest BCUT2D eigenvalue weighted by Gasteiger charge is -2.17. The lowest BCUT2D eigenvalue weighted by Crippen LogP contribution is -2.29. The zero-order valence-electron chi connectivity index (χ0n) is 10.2. The van der Waals surface area contributed by atoms with Crippen molar-refractivity contribution in [3.8, 4) is 0 Å².